The molecular formula is C19H28FNO3. The number of nitrogens with zero attached hydrogens (tertiary/aromatic N) is 1. The van der Waals surface area contributed by atoms with E-state index in [-0.39, 0.29) is 18.3 Å². The van der Waals surface area contributed by atoms with Crippen LogP contribution in [0.15, 0.2) is 6.07 Å². The summed E-state index contributed by atoms with van der Waals surface area (Å²) in [5, 5.41) is 21.5. The zero-order valence-electron chi connectivity index (χ0n) is 15.0. The van der Waals surface area contributed by atoms with Crippen molar-refractivity contribution in [1.29, 1.82) is 0 Å². The van der Waals surface area contributed by atoms with Gasteiger partial charge in [0.05, 0.1) is 13.7 Å². The Morgan fingerprint density at radius 2 is 1.96 bits per heavy atom. The normalized spacial score (nSPS) is 27.3. The largest absolute Gasteiger partial charge is 0.496 e. The zero-order valence-corrected chi connectivity index (χ0v) is 15.0. The molecule has 0 amide bonds. The van der Waals surface area contributed by atoms with Crippen LogP contribution in [0.5, 0.6) is 5.75 Å². The molecule has 1 aromatic carbocycles. The standard InChI is InChI=1S/C19H28FNO3/c1-18(2)10-14-15(20)9-12(11-22)17(24-4)16(14)19(18,23)13-5-7-21(3)8-6-13/h9,13,22-23H,5-8,10-11H2,1-4H3. The van der Waals surface area contributed by atoms with Crippen LogP contribution in [0.4, 0.5) is 4.39 Å². The molecule has 5 heteroatoms. The molecule has 1 aromatic rings. The highest BCUT2D eigenvalue weighted by atomic mass is 19.1. The van der Waals surface area contributed by atoms with Crippen LogP contribution < -0.4 is 4.74 Å². The molecule has 1 heterocycles. The highest BCUT2D eigenvalue weighted by molar-refractivity contribution is 5.55. The van der Waals surface area contributed by atoms with Crippen molar-refractivity contribution >= 4 is 0 Å². The fourth-order valence-electron chi connectivity index (χ4n) is 4.75. The molecule has 1 unspecified atom stereocenters. The van der Waals surface area contributed by atoms with E-state index in [2.05, 4.69) is 11.9 Å². The number of benzene rings is 1. The Balaban J connectivity index is 2.19. The van der Waals surface area contributed by atoms with Gasteiger partial charge in [0.2, 0.25) is 0 Å². The Kier molecular flexibility index (Phi) is 4.39. The second-order valence-corrected chi connectivity index (χ2v) is 7.97. The Morgan fingerprint density at radius 1 is 1.33 bits per heavy atom. The summed E-state index contributed by atoms with van der Waals surface area (Å²) in [7, 11) is 3.60. The smallest absolute Gasteiger partial charge is 0.130 e. The first-order chi connectivity index (χ1) is 11.3. The van der Waals surface area contributed by atoms with Gasteiger partial charge in [-0.3, -0.25) is 0 Å². The Bertz CT molecular complexity index is 638. The van der Waals surface area contributed by atoms with Gasteiger partial charge in [-0.05, 0) is 56.9 Å². The number of aliphatic hydroxyl groups is 2. The first kappa shape index (κ1) is 17.6. The van der Waals surface area contributed by atoms with Gasteiger partial charge in [-0.25, -0.2) is 4.39 Å². The van der Waals surface area contributed by atoms with Crippen LogP contribution in [0.25, 0.3) is 0 Å². The van der Waals surface area contributed by atoms with E-state index in [1.165, 1.54) is 13.2 Å². The molecular weight excluding hydrogens is 309 g/mol. The second-order valence-electron chi connectivity index (χ2n) is 7.97. The van der Waals surface area contributed by atoms with E-state index in [0.29, 0.717) is 28.9 Å². The minimum Gasteiger partial charge on any atom is -0.496 e. The molecule has 0 radical (unpaired) electrons. The molecule has 0 bridgehead atoms. The number of aliphatic hydroxyl groups excluding tert-OH is 1. The Morgan fingerprint density at radius 3 is 2.50 bits per heavy atom. The van der Waals surface area contributed by atoms with Crippen LogP contribution in [0, 0.1) is 17.2 Å². The molecule has 1 atom stereocenters. The van der Waals surface area contributed by atoms with Crippen LogP contribution in [-0.4, -0.2) is 42.4 Å². The SMILES string of the molecule is COc1c(CO)cc(F)c2c1C(O)(C1CCN(C)CC1)C(C)(C)C2. The lowest BCUT2D eigenvalue weighted by atomic mass is 9.65. The number of hydrogen-bond donors (Lipinski definition) is 2. The number of hydrogen-bond acceptors (Lipinski definition) is 4. The summed E-state index contributed by atoms with van der Waals surface area (Å²) in [6, 6.07) is 1.34. The fraction of sp³-hybridized carbons (Fsp3) is 0.684. The number of methoxy groups -OCH3 is 1. The van der Waals surface area contributed by atoms with Crippen molar-refractivity contribution in [3.8, 4) is 5.75 Å². The molecule has 1 aliphatic carbocycles. The maximum Gasteiger partial charge on any atom is 0.130 e. The minimum atomic E-state index is -1.15. The number of piperidine rings is 1. The van der Waals surface area contributed by atoms with Crippen molar-refractivity contribution in [1.82, 2.24) is 4.90 Å². The Labute approximate surface area is 143 Å². The van der Waals surface area contributed by atoms with E-state index >= 15 is 0 Å². The number of rotatable bonds is 3. The minimum absolute atomic E-state index is 0.0483. The fourth-order valence-corrected chi connectivity index (χ4v) is 4.75. The van der Waals surface area contributed by atoms with Gasteiger partial charge in [-0.2, -0.15) is 0 Å². The van der Waals surface area contributed by atoms with E-state index in [1.807, 2.05) is 13.8 Å². The lowest BCUT2D eigenvalue weighted by Gasteiger charge is -2.46. The summed E-state index contributed by atoms with van der Waals surface area (Å²) >= 11 is 0. The predicted octanol–water partition coefficient (Wildman–Crippen LogP) is 2.44. The highest BCUT2D eigenvalue weighted by Gasteiger charge is 2.58. The topological polar surface area (TPSA) is 52.9 Å². The summed E-state index contributed by atoms with van der Waals surface area (Å²) in [5.41, 5.74) is -0.138. The van der Waals surface area contributed by atoms with Gasteiger partial charge in [0.25, 0.3) is 0 Å². The van der Waals surface area contributed by atoms with E-state index in [1.54, 1.807) is 0 Å². The molecule has 0 aromatic heterocycles. The lowest BCUT2D eigenvalue weighted by Crippen LogP contribution is -2.49. The third-order valence-electron chi connectivity index (χ3n) is 6.13. The van der Waals surface area contributed by atoms with Crippen molar-refractivity contribution in [2.24, 2.45) is 11.3 Å². The van der Waals surface area contributed by atoms with Crippen LogP contribution in [0.2, 0.25) is 0 Å². The molecule has 24 heavy (non-hydrogen) atoms. The predicted molar refractivity (Wildman–Crippen MR) is 90.5 cm³/mol. The molecule has 0 spiro atoms. The molecule has 0 saturated carbocycles. The van der Waals surface area contributed by atoms with Crippen LogP contribution in [-0.2, 0) is 18.6 Å². The van der Waals surface area contributed by atoms with Crippen LogP contribution in [0.3, 0.4) is 0 Å². The van der Waals surface area contributed by atoms with Gasteiger partial charge in [0, 0.05) is 16.5 Å². The molecule has 1 aliphatic heterocycles. The van der Waals surface area contributed by atoms with Gasteiger partial charge in [0.1, 0.15) is 17.2 Å². The first-order valence-electron chi connectivity index (χ1n) is 8.66. The maximum atomic E-state index is 14.7. The van der Waals surface area contributed by atoms with Gasteiger partial charge < -0.3 is 19.8 Å². The summed E-state index contributed by atoms with van der Waals surface area (Å²) in [5.74, 6) is 0.139. The summed E-state index contributed by atoms with van der Waals surface area (Å²) < 4.78 is 20.2. The van der Waals surface area contributed by atoms with Crippen molar-refractivity contribution in [2.75, 3.05) is 27.2 Å². The van der Waals surface area contributed by atoms with E-state index < -0.39 is 11.0 Å². The third kappa shape index (κ3) is 2.37. The van der Waals surface area contributed by atoms with Gasteiger partial charge >= 0.3 is 0 Å². The monoisotopic (exact) mass is 337 g/mol. The van der Waals surface area contributed by atoms with Crippen LogP contribution >= 0.6 is 0 Å². The second kappa shape index (κ2) is 5.97. The molecule has 1 fully saturated rings. The Hall–Kier alpha value is -1.17. The lowest BCUT2D eigenvalue weighted by molar-refractivity contribution is -0.122. The van der Waals surface area contributed by atoms with E-state index in [0.717, 1.165) is 25.9 Å². The van der Waals surface area contributed by atoms with E-state index in [4.69, 9.17) is 4.74 Å². The number of ether oxygens (including phenoxy) is 1. The van der Waals surface area contributed by atoms with Crippen molar-refractivity contribution in [2.45, 2.75) is 45.3 Å². The third-order valence-corrected chi connectivity index (χ3v) is 6.13. The molecule has 2 N–H and O–H groups in total. The average molecular weight is 337 g/mol. The van der Waals surface area contributed by atoms with Crippen molar-refractivity contribution in [3.63, 3.8) is 0 Å². The van der Waals surface area contributed by atoms with E-state index in [9.17, 15) is 14.6 Å². The number of likely N-dealkylation sites (tertiary alicyclic amines) is 1. The molecule has 4 nitrogen and oxygen atoms in total. The molecule has 3 rings (SSSR count). The quantitative estimate of drug-likeness (QED) is 0.889. The molecule has 134 valence electrons. The number of fused-ring (bicyclic) bond motifs is 1. The first-order valence-corrected chi connectivity index (χ1v) is 8.66. The van der Waals surface area contributed by atoms with Gasteiger partial charge in [-0.15, -0.1) is 0 Å². The van der Waals surface area contributed by atoms with Crippen LogP contribution in [0.1, 0.15) is 43.4 Å². The number of halogens is 1. The zero-order chi connectivity index (χ0) is 17.7. The van der Waals surface area contributed by atoms with Crippen molar-refractivity contribution in [3.05, 3.63) is 28.6 Å². The summed E-state index contributed by atoms with van der Waals surface area (Å²) in [6.07, 6.45) is 2.20. The molecule has 2 aliphatic rings. The summed E-state index contributed by atoms with van der Waals surface area (Å²) in [6.45, 7) is 5.54. The molecule has 1 saturated heterocycles. The summed E-state index contributed by atoms with van der Waals surface area (Å²) in [4.78, 5) is 2.25. The maximum absolute atomic E-state index is 14.7. The van der Waals surface area contributed by atoms with Crippen molar-refractivity contribution < 1.29 is 19.3 Å². The average Bonchev–Trinajstić information content (AvgIpc) is 2.76. The van der Waals surface area contributed by atoms with Gasteiger partial charge in [0.15, 0.2) is 0 Å². The highest BCUT2D eigenvalue weighted by Crippen LogP contribution is 2.59. The van der Waals surface area contributed by atoms with Gasteiger partial charge in [-0.1, -0.05) is 13.8 Å².